The minimum atomic E-state index is -0.115. The molecule has 0 bridgehead atoms. The van der Waals surface area contributed by atoms with E-state index < -0.39 is 0 Å². The van der Waals surface area contributed by atoms with Crippen molar-refractivity contribution in [3.05, 3.63) is 71.4 Å². The Labute approximate surface area is 146 Å². The lowest BCUT2D eigenvalue weighted by Crippen LogP contribution is -2.31. The average Bonchev–Trinajstić information content (AvgIpc) is 3.08. The largest absolute Gasteiger partial charge is 0.469 e. The standard InChI is InChI=1S/C20H19N3O2/c1-13-15(10-11-25-13)20(24)23-18-9-5-8-17-16(18)12-21-19(22-17)14-6-3-2-4-7-14/h2-4,6-7,10-12,18H,5,8-9H2,1H3,(H,23,24)/t18-/m1/s1. The molecule has 5 heteroatoms. The molecular formula is C20H19N3O2. The number of nitrogens with zero attached hydrogens (tertiary/aromatic N) is 2. The molecule has 1 aliphatic carbocycles. The van der Waals surface area contributed by atoms with Gasteiger partial charge in [-0.05, 0) is 32.3 Å². The second-order valence-corrected chi connectivity index (χ2v) is 6.27. The van der Waals surface area contributed by atoms with E-state index in [0.717, 1.165) is 41.9 Å². The first-order valence-corrected chi connectivity index (χ1v) is 8.48. The van der Waals surface area contributed by atoms with Gasteiger partial charge in [-0.15, -0.1) is 0 Å². The Balaban J connectivity index is 1.60. The van der Waals surface area contributed by atoms with Crippen molar-refractivity contribution in [2.24, 2.45) is 0 Å². The van der Waals surface area contributed by atoms with Crippen molar-refractivity contribution in [1.82, 2.24) is 15.3 Å². The number of aromatic nitrogens is 2. The third-order valence-electron chi connectivity index (χ3n) is 4.62. The summed E-state index contributed by atoms with van der Waals surface area (Å²) in [6.45, 7) is 1.79. The van der Waals surface area contributed by atoms with Crippen LogP contribution in [0, 0.1) is 6.92 Å². The van der Waals surface area contributed by atoms with E-state index in [4.69, 9.17) is 9.40 Å². The third-order valence-corrected chi connectivity index (χ3v) is 4.62. The second kappa shape index (κ2) is 6.51. The number of carbonyl (C=O) groups excluding carboxylic acids is 1. The summed E-state index contributed by atoms with van der Waals surface area (Å²) >= 11 is 0. The fraction of sp³-hybridized carbons (Fsp3) is 0.250. The number of carbonyl (C=O) groups is 1. The van der Waals surface area contributed by atoms with Crippen LogP contribution in [0.1, 0.15) is 46.3 Å². The van der Waals surface area contributed by atoms with Crippen molar-refractivity contribution in [1.29, 1.82) is 0 Å². The Bertz CT molecular complexity index is 902. The molecule has 0 saturated carbocycles. The van der Waals surface area contributed by atoms with Crippen molar-refractivity contribution in [3.8, 4) is 11.4 Å². The molecule has 1 atom stereocenters. The number of hydrogen-bond donors (Lipinski definition) is 1. The molecule has 4 rings (SSSR count). The van der Waals surface area contributed by atoms with Crippen LogP contribution in [-0.4, -0.2) is 15.9 Å². The summed E-state index contributed by atoms with van der Waals surface area (Å²) in [5.41, 5.74) is 3.62. The first-order chi connectivity index (χ1) is 12.2. The van der Waals surface area contributed by atoms with Crippen LogP contribution in [0.4, 0.5) is 0 Å². The van der Waals surface area contributed by atoms with Gasteiger partial charge in [-0.3, -0.25) is 4.79 Å². The summed E-state index contributed by atoms with van der Waals surface area (Å²) in [5.74, 6) is 1.25. The predicted molar refractivity (Wildman–Crippen MR) is 94.1 cm³/mol. The number of nitrogens with one attached hydrogen (secondary N) is 1. The molecule has 0 radical (unpaired) electrons. The molecule has 2 heterocycles. The van der Waals surface area contributed by atoms with Crippen molar-refractivity contribution in [3.63, 3.8) is 0 Å². The highest BCUT2D eigenvalue weighted by atomic mass is 16.3. The molecule has 0 fully saturated rings. The van der Waals surface area contributed by atoms with E-state index in [9.17, 15) is 4.79 Å². The van der Waals surface area contributed by atoms with Gasteiger partial charge in [0.2, 0.25) is 0 Å². The Hall–Kier alpha value is -2.95. The first-order valence-electron chi connectivity index (χ1n) is 8.48. The maximum atomic E-state index is 12.5. The average molecular weight is 333 g/mol. The molecule has 0 unspecified atom stereocenters. The molecular weight excluding hydrogens is 314 g/mol. The lowest BCUT2D eigenvalue weighted by Gasteiger charge is -2.25. The molecule has 0 spiro atoms. The minimum Gasteiger partial charge on any atom is -0.469 e. The van der Waals surface area contributed by atoms with E-state index >= 15 is 0 Å². The fourth-order valence-electron chi connectivity index (χ4n) is 3.28. The van der Waals surface area contributed by atoms with Crippen molar-refractivity contribution >= 4 is 5.91 Å². The van der Waals surface area contributed by atoms with Gasteiger partial charge in [0.1, 0.15) is 5.76 Å². The van der Waals surface area contributed by atoms with Crippen LogP contribution in [0.15, 0.2) is 53.3 Å². The summed E-state index contributed by atoms with van der Waals surface area (Å²) in [6, 6.07) is 11.6. The highest BCUT2D eigenvalue weighted by molar-refractivity contribution is 5.95. The summed E-state index contributed by atoms with van der Waals surface area (Å²) in [4.78, 5) is 21.7. The Morgan fingerprint density at radius 2 is 2.08 bits per heavy atom. The summed E-state index contributed by atoms with van der Waals surface area (Å²) in [7, 11) is 0. The number of furan rings is 1. The summed E-state index contributed by atoms with van der Waals surface area (Å²) in [6.07, 6.45) is 6.19. The van der Waals surface area contributed by atoms with Crippen molar-refractivity contribution in [2.75, 3.05) is 0 Å². The lowest BCUT2D eigenvalue weighted by atomic mass is 9.92. The molecule has 1 N–H and O–H groups in total. The Morgan fingerprint density at radius 3 is 2.84 bits per heavy atom. The molecule has 126 valence electrons. The quantitative estimate of drug-likeness (QED) is 0.790. The number of benzene rings is 1. The fourth-order valence-corrected chi connectivity index (χ4v) is 3.28. The highest BCUT2D eigenvalue weighted by Crippen LogP contribution is 2.30. The maximum Gasteiger partial charge on any atom is 0.255 e. The zero-order valence-corrected chi connectivity index (χ0v) is 14.0. The van der Waals surface area contributed by atoms with E-state index in [1.54, 1.807) is 13.0 Å². The number of amides is 1. The van der Waals surface area contributed by atoms with Gasteiger partial charge in [-0.25, -0.2) is 9.97 Å². The van der Waals surface area contributed by atoms with Crippen LogP contribution in [0.3, 0.4) is 0 Å². The van der Waals surface area contributed by atoms with Crippen LogP contribution >= 0.6 is 0 Å². The third kappa shape index (κ3) is 3.05. The van der Waals surface area contributed by atoms with Gasteiger partial charge in [0.25, 0.3) is 5.91 Å². The molecule has 2 aromatic heterocycles. The van der Waals surface area contributed by atoms with Gasteiger partial charge >= 0.3 is 0 Å². The number of rotatable bonds is 3. The SMILES string of the molecule is Cc1occc1C(=O)N[C@@H]1CCCc2nc(-c3ccccc3)ncc21. The van der Waals surface area contributed by atoms with E-state index in [-0.39, 0.29) is 11.9 Å². The summed E-state index contributed by atoms with van der Waals surface area (Å²) in [5, 5.41) is 3.10. The molecule has 3 aromatic rings. The molecule has 0 saturated heterocycles. The predicted octanol–water partition coefficient (Wildman–Crippen LogP) is 3.85. The monoisotopic (exact) mass is 333 g/mol. The second-order valence-electron chi connectivity index (χ2n) is 6.27. The van der Waals surface area contributed by atoms with E-state index in [2.05, 4.69) is 10.3 Å². The Morgan fingerprint density at radius 1 is 1.24 bits per heavy atom. The van der Waals surface area contributed by atoms with Crippen LogP contribution in [0.5, 0.6) is 0 Å². The molecule has 25 heavy (non-hydrogen) atoms. The van der Waals surface area contributed by atoms with Crippen LogP contribution in [0.25, 0.3) is 11.4 Å². The van der Waals surface area contributed by atoms with Crippen molar-refractivity contribution < 1.29 is 9.21 Å². The smallest absolute Gasteiger partial charge is 0.255 e. The number of fused-ring (bicyclic) bond motifs is 1. The normalized spacial score (nSPS) is 16.3. The topological polar surface area (TPSA) is 68.0 Å². The zero-order chi connectivity index (χ0) is 17.2. The summed E-state index contributed by atoms with van der Waals surface area (Å²) < 4.78 is 5.22. The van der Waals surface area contributed by atoms with Crippen molar-refractivity contribution in [2.45, 2.75) is 32.2 Å². The maximum absolute atomic E-state index is 12.5. The molecule has 0 aliphatic heterocycles. The number of hydrogen-bond acceptors (Lipinski definition) is 4. The van der Waals surface area contributed by atoms with Crippen LogP contribution < -0.4 is 5.32 Å². The van der Waals surface area contributed by atoms with Crippen LogP contribution in [-0.2, 0) is 6.42 Å². The van der Waals surface area contributed by atoms with E-state index in [1.807, 2.05) is 36.5 Å². The lowest BCUT2D eigenvalue weighted by molar-refractivity contribution is 0.0931. The van der Waals surface area contributed by atoms with Gasteiger partial charge in [-0.1, -0.05) is 30.3 Å². The molecule has 1 amide bonds. The van der Waals surface area contributed by atoms with Gasteiger partial charge in [0, 0.05) is 23.0 Å². The Kier molecular flexibility index (Phi) is 4.06. The van der Waals surface area contributed by atoms with E-state index in [0.29, 0.717) is 11.3 Å². The van der Waals surface area contributed by atoms with E-state index in [1.165, 1.54) is 6.26 Å². The van der Waals surface area contributed by atoms with Gasteiger partial charge in [0.15, 0.2) is 5.82 Å². The minimum absolute atomic E-state index is 0.0598. The molecule has 1 aliphatic rings. The molecule has 5 nitrogen and oxygen atoms in total. The number of aryl methyl sites for hydroxylation is 2. The van der Waals surface area contributed by atoms with Gasteiger partial charge in [-0.2, -0.15) is 0 Å². The first kappa shape index (κ1) is 15.6. The zero-order valence-electron chi connectivity index (χ0n) is 14.0. The van der Waals surface area contributed by atoms with Gasteiger partial charge in [0.05, 0.1) is 17.9 Å². The molecule has 1 aromatic carbocycles. The highest BCUT2D eigenvalue weighted by Gasteiger charge is 2.25. The van der Waals surface area contributed by atoms with Crippen LogP contribution in [0.2, 0.25) is 0 Å². The van der Waals surface area contributed by atoms with Gasteiger partial charge < -0.3 is 9.73 Å².